The largest absolute Gasteiger partial charge is 0.759 e. The zero-order valence-electron chi connectivity index (χ0n) is 7.53. The van der Waals surface area contributed by atoms with Crippen LogP contribution in [0.25, 0.3) is 0 Å². The van der Waals surface area contributed by atoms with E-state index in [9.17, 15) is 0 Å². The first-order chi connectivity index (χ1) is 6.00. The van der Waals surface area contributed by atoms with E-state index in [1.54, 1.807) is 0 Å². The van der Waals surface area contributed by atoms with Gasteiger partial charge in [-0.05, 0) is 0 Å². The van der Waals surface area contributed by atoms with Gasteiger partial charge in [0.25, 0.3) is 0 Å². The zero-order chi connectivity index (χ0) is 13.5. The van der Waals surface area contributed by atoms with Gasteiger partial charge in [0.15, 0.2) is 0 Å². The molecule has 0 aromatic rings. The number of hydrogen-bond donors (Lipinski definition) is 0. The quantitative estimate of drug-likeness (QED) is 0.201. The van der Waals surface area contributed by atoms with Gasteiger partial charge >= 0.3 is 0 Å². The second kappa shape index (κ2) is 13.6. The predicted molar refractivity (Wildman–Crippen MR) is 38.7 cm³/mol. The Labute approximate surface area is 116 Å². The predicted octanol–water partition coefficient (Wildman–Crippen LogP) is -5.67. The van der Waals surface area contributed by atoms with Crippen LogP contribution in [0.15, 0.2) is 0 Å². The first-order valence-electron chi connectivity index (χ1n) is 2.00. The number of hydrogen-bond acceptors (Lipinski definition) is 12. The minimum Gasteiger partial charge on any atom is -0.759 e. The molecule has 18 heteroatoms. The molecule has 18 heavy (non-hydrogen) atoms. The summed E-state index contributed by atoms with van der Waals surface area (Å²) >= 11 is 0. The van der Waals surface area contributed by atoms with Gasteiger partial charge in [0, 0.05) is 52.3 Å². The van der Waals surface area contributed by atoms with Crippen LogP contribution in [0, 0.1) is 0 Å². The summed E-state index contributed by atoms with van der Waals surface area (Å²) < 4.78 is 102. The molecule has 0 saturated heterocycles. The topological polar surface area (TPSA) is 304 Å². The van der Waals surface area contributed by atoms with E-state index in [0.29, 0.717) is 0 Å². The third-order valence-corrected chi connectivity index (χ3v) is 0. The van der Waals surface area contributed by atoms with Crippen LogP contribution in [-0.4, -0.2) is 63.5 Å². The molecule has 4 N–H and O–H groups in total. The molecule has 0 heterocycles. The SMILES string of the molecule is O.O.O=S(=O)([O-])[O-].O=S(=O)([O-])[O-].O=S(=O)([O-])[O-].[Mo]. The van der Waals surface area contributed by atoms with Crippen LogP contribution in [0.1, 0.15) is 0 Å². The molecule has 0 rings (SSSR count). The first kappa shape index (κ1) is 36.2. The summed E-state index contributed by atoms with van der Waals surface area (Å²) in [7, 11) is -15.5. The van der Waals surface area contributed by atoms with E-state index in [0.717, 1.165) is 0 Å². The normalized spacial score (nSPS) is 9.67. The summed E-state index contributed by atoms with van der Waals surface area (Å²) in [6.45, 7) is 0. The summed E-state index contributed by atoms with van der Waals surface area (Å²) in [5, 5.41) is 0. The third-order valence-electron chi connectivity index (χ3n) is 0. The van der Waals surface area contributed by atoms with Gasteiger partial charge in [0.1, 0.15) is 0 Å². The van der Waals surface area contributed by atoms with E-state index in [2.05, 4.69) is 0 Å². The Morgan fingerprint density at radius 1 is 0.444 bits per heavy atom. The molecule has 0 bridgehead atoms. The van der Waals surface area contributed by atoms with Crippen LogP contribution in [-0.2, 0) is 52.3 Å². The Morgan fingerprint density at radius 2 is 0.444 bits per heavy atom. The second-order valence-electron chi connectivity index (χ2n) is 1.22. The van der Waals surface area contributed by atoms with Crippen LogP contribution in [0.3, 0.4) is 0 Å². The maximum atomic E-state index is 8.52. The fourth-order valence-electron chi connectivity index (χ4n) is 0. The smallest absolute Gasteiger partial charge is 0.0311 e. The molecular weight excluding hydrogens is 416 g/mol. The van der Waals surface area contributed by atoms with Gasteiger partial charge in [-0.3, -0.25) is 25.3 Å². The van der Waals surface area contributed by atoms with E-state index < -0.39 is 31.2 Å². The molecule has 0 aromatic heterocycles. The van der Waals surface area contributed by atoms with E-state index in [4.69, 9.17) is 52.6 Å². The molecule has 14 nitrogen and oxygen atoms in total. The minimum absolute atomic E-state index is 0. The second-order valence-corrected chi connectivity index (χ2v) is 3.67. The van der Waals surface area contributed by atoms with Crippen molar-refractivity contribution in [2.45, 2.75) is 0 Å². The first-order valence-corrected chi connectivity index (χ1v) is 6.00. The van der Waals surface area contributed by atoms with Crippen LogP contribution < -0.4 is 0 Å². The molecule has 0 aliphatic rings. The van der Waals surface area contributed by atoms with Crippen molar-refractivity contribution < 1.29 is 84.6 Å². The molecule has 0 spiro atoms. The summed E-state index contributed by atoms with van der Waals surface area (Å²) in [5.41, 5.74) is 0. The maximum absolute atomic E-state index is 8.52. The van der Waals surface area contributed by atoms with Gasteiger partial charge in [0.2, 0.25) is 0 Å². The van der Waals surface area contributed by atoms with Gasteiger partial charge in [-0.1, -0.05) is 0 Å². The van der Waals surface area contributed by atoms with Crippen LogP contribution >= 0.6 is 0 Å². The van der Waals surface area contributed by atoms with Crippen molar-refractivity contribution in [2.75, 3.05) is 0 Å². The molecule has 118 valence electrons. The summed E-state index contributed by atoms with van der Waals surface area (Å²) in [6, 6.07) is 0. The standard InChI is InChI=1S/Mo.3H2O4S.2H2O/c;3*1-5(2,3)4;;/h;3*(H2,1,2,3,4);2*1H2/p-6. The third kappa shape index (κ3) is 78800. The van der Waals surface area contributed by atoms with E-state index in [1.807, 2.05) is 0 Å². The Balaban J connectivity index is -0.0000000277. The van der Waals surface area contributed by atoms with Crippen molar-refractivity contribution in [3.63, 3.8) is 0 Å². The Hall–Kier alpha value is 0.218. The minimum atomic E-state index is -5.17. The number of rotatable bonds is 0. The van der Waals surface area contributed by atoms with Crippen LogP contribution in [0.4, 0.5) is 0 Å². The molecule has 0 unspecified atom stereocenters. The molecular formula is H4MoO14S3-6. The van der Waals surface area contributed by atoms with Crippen molar-refractivity contribution in [1.29, 1.82) is 0 Å². The van der Waals surface area contributed by atoms with E-state index >= 15 is 0 Å². The van der Waals surface area contributed by atoms with E-state index in [-0.39, 0.29) is 32.0 Å². The summed E-state index contributed by atoms with van der Waals surface area (Å²) in [6.07, 6.45) is 0. The molecule has 0 aliphatic carbocycles. The van der Waals surface area contributed by atoms with Gasteiger partial charge in [-0.2, -0.15) is 0 Å². The molecule has 0 fully saturated rings. The van der Waals surface area contributed by atoms with Crippen LogP contribution in [0.5, 0.6) is 0 Å². The molecule has 0 radical (unpaired) electrons. The van der Waals surface area contributed by atoms with E-state index in [1.165, 1.54) is 0 Å². The van der Waals surface area contributed by atoms with Crippen molar-refractivity contribution in [3.05, 3.63) is 0 Å². The average Bonchev–Trinajstić information content (AvgIpc) is 1.41. The zero-order valence-corrected chi connectivity index (χ0v) is 12.0. The monoisotopic (exact) mass is 422 g/mol. The van der Waals surface area contributed by atoms with Gasteiger partial charge in [0.05, 0.1) is 0 Å². The molecule has 0 aliphatic heterocycles. The fraction of sp³-hybridized carbons (Fsp3) is 0. The van der Waals surface area contributed by atoms with Crippen molar-refractivity contribution in [1.82, 2.24) is 0 Å². The molecule has 0 saturated carbocycles. The molecule has 0 atom stereocenters. The molecule has 0 amide bonds. The Bertz CT molecular complexity index is 338. The Morgan fingerprint density at radius 3 is 0.444 bits per heavy atom. The summed E-state index contributed by atoms with van der Waals surface area (Å²) in [5.74, 6) is 0. The summed E-state index contributed by atoms with van der Waals surface area (Å²) in [4.78, 5) is 0. The van der Waals surface area contributed by atoms with Gasteiger partial charge < -0.3 is 38.3 Å². The fourth-order valence-corrected chi connectivity index (χ4v) is 0. The maximum Gasteiger partial charge on any atom is 0.0311 e. The van der Waals surface area contributed by atoms with Gasteiger partial charge in [-0.25, -0.2) is 0 Å². The van der Waals surface area contributed by atoms with Gasteiger partial charge in [-0.15, -0.1) is 0 Å². The Kier molecular flexibility index (Phi) is 27.4. The molecule has 0 aromatic carbocycles. The van der Waals surface area contributed by atoms with Crippen molar-refractivity contribution in [3.8, 4) is 0 Å². The average molecular weight is 420 g/mol. The van der Waals surface area contributed by atoms with Crippen molar-refractivity contribution in [2.24, 2.45) is 0 Å². The van der Waals surface area contributed by atoms with Crippen LogP contribution in [0.2, 0.25) is 0 Å². The van der Waals surface area contributed by atoms with Crippen molar-refractivity contribution >= 4 is 31.2 Å².